The number of benzene rings is 1. The molecule has 0 saturated carbocycles. The van der Waals surface area contributed by atoms with Gasteiger partial charge in [-0.25, -0.2) is 4.79 Å². The van der Waals surface area contributed by atoms with Crippen molar-refractivity contribution < 1.29 is 24.2 Å². The minimum atomic E-state index is -0.533. The highest BCUT2D eigenvalue weighted by molar-refractivity contribution is 6.24. The van der Waals surface area contributed by atoms with E-state index in [0.717, 1.165) is 0 Å². The van der Waals surface area contributed by atoms with Crippen LogP contribution in [0.2, 0.25) is 0 Å². The molecule has 0 spiro atoms. The lowest BCUT2D eigenvalue weighted by Crippen LogP contribution is -2.02. The number of carbonyl (C=O) groups excluding carboxylic acids is 1. The van der Waals surface area contributed by atoms with Gasteiger partial charge in [0, 0.05) is 5.56 Å². The van der Waals surface area contributed by atoms with Gasteiger partial charge in [-0.15, -0.1) is 0 Å². The summed E-state index contributed by atoms with van der Waals surface area (Å²) in [6.07, 6.45) is 1.55. The van der Waals surface area contributed by atoms with Crippen molar-refractivity contribution in [1.29, 1.82) is 0 Å². The Morgan fingerprint density at radius 2 is 2.05 bits per heavy atom. The Balaban J connectivity index is 2.52. The molecule has 0 aromatic heterocycles. The zero-order chi connectivity index (χ0) is 14.0. The number of rotatable bonds is 3. The smallest absolute Gasteiger partial charge is 0.367 e. The number of carbonyl (C=O) groups is 1. The fourth-order valence-electron chi connectivity index (χ4n) is 1.74. The normalized spacial score (nSPS) is 16.3. The van der Waals surface area contributed by atoms with Gasteiger partial charge >= 0.3 is 5.97 Å². The number of ether oxygens (including phenoxy) is 2. The lowest BCUT2D eigenvalue weighted by atomic mass is 10.1. The van der Waals surface area contributed by atoms with Crippen LogP contribution in [0.5, 0.6) is 17.2 Å². The summed E-state index contributed by atoms with van der Waals surface area (Å²) in [5.41, 5.74) is 1.33. The molecule has 1 aliphatic rings. The molecule has 0 saturated heterocycles. The number of methoxy groups -OCH3 is 2. The highest BCUT2D eigenvalue weighted by atomic mass is 16.7. The zero-order valence-corrected chi connectivity index (χ0v) is 10.8. The summed E-state index contributed by atoms with van der Waals surface area (Å²) in [5, 5.41) is 13.5. The Morgan fingerprint density at radius 1 is 1.32 bits per heavy atom. The first kappa shape index (κ1) is 12.9. The van der Waals surface area contributed by atoms with Gasteiger partial charge in [0.1, 0.15) is 0 Å². The molecule has 0 fully saturated rings. The molecule has 1 heterocycles. The molecule has 0 unspecified atom stereocenters. The third-order valence-electron chi connectivity index (χ3n) is 2.72. The molecule has 0 amide bonds. The van der Waals surface area contributed by atoms with Crippen molar-refractivity contribution in [2.75, 3.05) is 14.2 Å². The molecule has 0 radical (unpaired) electrons. The van der Waals surface area contributed by atoms with E-state index in [9.17, 15) is 9.90 Å². The number of aromatic hydroxyl groups is 1. The van der Waals surface area contributed by atoms with E-state index in [4.69, 9.17) is 9.47 Å². The van der Waals surface area contributed by atoms with Gasteiger partial charge in [-0.3, -0.25) is 0 Å². The number of phenols is 1. The second-order valence-corrected chi connectivity index (χ2v) is 3.85. The number of nitrogens with zero attached hydrogens (tertiary/aromatic N) is 1. The standard InChI is InChI=1S/C13H13NO5/c1-7-9(13(16)19-14-7)6-8-4-5-10(17-2)11(15)12(8)18-3/h4-6,15H,1-3H3. The molecule has 1 aliphatic heterocycles. The van der Waals surface area contributed by atoms with Crippen LogP contribution in [0, 0.1) is 0 Å². The molecular formula is C13H13NO5. The number of hydrogen-bond acceptors (Lipinski definition) is 6. The van der Waals surface area contributed by atoms with Crippen molar-refractivity contribution in [3.8, 4) is 17.2 Å². The molecule has 1 aromatic rings. The predicted octanol–water partition coefficient (Wildman–Crippen LogP) is 1.73. The van der Waals surface area contributed by atoms with E-state index in [1.807, 2.05) is 0 Å². The minimum absolute atomic E-state index is 0.125. The second-order valence-electron chi connectivity index (χ2n) is 3.85. The molecule has 6 nitrogen and oxygen atoms in total. The molecule has 0 bridgehead atoms. The molecule has 1 aromatic carbocycles. The van der Waals surface area contributed by atoms with Crippen molar-refractivity contribution in [2.45, 2.75) is 6.92 Å². The fourth-order valence-corrected chi connectivity index (χ4v) is 1.74. The van der Waals surface area contributed by atoms with Crippen LogP contribution in [0.25, 0.3) is 6.08 Å². The minimum Gasteiger partial charge on any atom is -0.502 e. The van der Waals surface area contributed by atoms with E-state index in [1.54, 1.807) is 25.1 Å². The van der Waals surface area contributed by atoms with E-state index in [-0.39, 0.29) is 11.5 Å². The van der Waals surface area contributed by atoms with Crippen LogP contribution in [-0.4, -0.2) is 31.0 Å². The largest absolute Gasteiger partial charge is 0.502 e. The van der Waals surface area contributed by atoms with Gasteiger partial charge in [-0.1, -0.05) is 5.16 Å². The maximum Gasteiger partial charge on any atom is 0.367 e. The van der Waals surface area contributed by atoms with E-state index in [0.29, 0.717) is 22.6 Å². The quantitative estimate of drug-likeness (QED) is 0.663. The number of phenolic OH excluding ortho intramolecular Hbond substituents is 1. The molecule has 2 rings (SSSR count). The summed E-state index contributed by atoms with van der Waals surface area (Å²) < 4.78 is 10.1. The molecule has 19 heavy (non-hydrogen) atoms. The highest BCUT2D eigenvalue weighted by Gasteiger charge is 2.23. The first-order valence-corrected chi connectivity index (χ1v) is 5.50. The molecule has 0 atom stereocenters. The summed E-state index contributed by atoms with van der Waals surface area (Å²) in [7, 11) is 2.86. The summed E-state index contributed by atoms with van der Waals surface area (Å²) in [5.74, 6) is -0.145. The van der Waals surface area contributed by atoms with Crippen molar-refractivity contribution in [2.24, 2.45) is 5.16 Å². The van der Waals surface area contributed by atoms with Crippen LogP contribution in [0.15, 0.2) is 22.9 Å². The van der Waals surface area contributed by atoms with E-state index in [1.165, 1.54) is 14.2 Å². The summed E-state index contributed by atoms with van der Waals surface area (Å²) in [6.45, 7) is 1.66. The molecule has 1 N–H and O–H groups in total. The van der Waals surface area contributed by atoms with Crippen LogP contribution in [0.4, 0.5) is 0 Å². The molecular weight excluding hydrogens is 250 g/mol. The predicted molar refractivity (Wildman–Crippen MR) is 68.4 cm³/mol. The Morgan fingerprint density at radius 3 is 2.58 bits per heavy atom. The van der Waals surface area contributed by atoms with Gasteiger partial charge in [0.05, 0.1) is 25.5 Å². The van der Waals surface area contributed by atoms with Gasteiger partial charge in [0.15, 0.2) is 11.5 Å². The monoisotopic (exact) mass is 263 g/mol. The Hall–Kier alpha value is -2.50. The third-order valence-corrected chi connectivity index (χ3v) is 2.72. The van der Waals surface area contributed by atoms with Crippen molar-refractivity contribution >= 4 is 17.8 Å². The number of hydrogen-bond donors (Lipinski definition) is 1. The second kappa shape index (κ2) is 5.01. The summed E-state index contributed by atoms with van der Waals surface area (Å²) in [6, 6.07) is 3.25. The van der Waals surface area contributed by atoms with Crippen molar-refractivity contribution in [1.82, 2.24) is 0 Å². The average Bonchev–Trinajstić information content (AvgIpc) is 2.71. The Bertz CT molecular complexity index is 589. The molecule has 0 aliphatic carbocycles. The van der Waals surface area contributed by atoms with Gasteiger partial charge in [0.2, 0.25) is 5.75 Å². The Kier molecular flexibility index (Phi) is 3.41. The van der Waals surface area contributed by atoms with Gasteiger partial charge in [-0.05, 0) is 25.1 Å². The van der Waals surface area contributed by atoms with Gasteiger partial charge in [0.25, 0.3) is 0 Å². The van der Waals surface area contributed by atoms with Crippen LogP contribution >= 0.6 is 0 Å². The number of oxime groups is 1. The molecule has 6 heteroatoms. The maximum absolute atomic E-state index is 11.5. The van der Waals surface area contributed by atoms with Crippen LogP contribution in [0.3, 0.4) is 0 Å². The van der Waals surface area contributed by atoms with Crippen molar-refractivity contribution in [3.63, 3.8) is 0 Å². The van der Waals surface area contributed by atoms with Gasteiger partial charge in [-0.2, -0.15) is 0 Å². The van der Waals surface area contributed by atoms with E-state index in [2.05, 4.69) is 9.99 Å². The van der Waals surface area contributed by atoms with E-state index >= 15 is 0 Å². The summed E-state index contributed by atoms with van der Waals surface area (Å²) in [4.78, 5) is 16.0. The fraction of sp³-hybridized carbons (Fsp3) is 0.231. The first-order chi connectivity index (χ1) is 9.08. The first-order valence-electron chi connectivity index (χ1n) is 5.50. The zero-order valence-electron chi connectivity index (χ0n) is 10.8. The van der Waals surface area contributed by atoms with Crippen LogP contribution in [0.1, 0.15) is 12.5 Å². The Labute approximate surface area is 109 Å². The van der Waals surface area contributed by atoms with E-state index < -0.39 is 5.97 Å². The average molecular weight is 263 g/mol. The SMILES string of the molecule is COc1ccc(C=C2C(=O)ON=C2C)c(OC)c1O. The van der Waals surface area contributed by atoms with Crippen LogP contribution < -0.4 is 9.47 Å². The highest BCUT2D eigenvalue weighted by Crippen LogP contribution is 2.39. The lowest BCUT2D eigenvalue weighted by Gasteiger charge is -2.11. The third kappa shape index (κ3) is 2.24. The van der Waals surface area contributed by atoms with Gasteiger partial charge < -0.3 is 19.4 Å². The molecule has 100 valence electrons. The lowest BCUT2D eigenvalue weighted by molar-refractivity contribution is -0.136. The topological polar surface area (TPSA) is 77.4 Å². The van der Waals surface area contributed by atoms with Crippen LogP contribution in [-0.2, 0) is 9.63 Å². The van der Waals surface area contributed by atoms with Crippen molar-refractivity contribution in [3.05, 3.63) is 23.3 Å². The summed E-state index contributed by atoms with van der Waals surface area (Å²) >= 11 is 0. The maximum atomic E-state index is 11.5.